The fourth-order valence-corrected chi connectivity index (χ4v) is 3.60. The monoisotopic (exact) mass is 486 g/mol. The fourth-order valence-electron chi connectivity index (χ4n) is 3.02. The molecule has 3 aromatic rings. The number of aromatic carboxylic acids is 1. The molecule has 2 aromatic carbocycles. The zero-order chi connectivity index (χ0) is 23.0. The number of carboxylic acids is 1. The third-order valence-electron chi connectivity index (χ3n) is 4.59. The van der Waals surface area contributed by atoms with Gasteiger partial charge < -0.3 is 9.52 Å². The predicted octanol–water partition coefficient (Wildman–Crippen LogP) is 4.78. The molecule has 0 bridgehead atoms. The summed E-state index contributed by atoms with van der Waals surface area (Å²) in [6.07, 6.45) is 1.30. The van der Waals surface area contributed by atoms with Crippen LogP contribution in [0.15, 0.2) is 64.6 Å². The maximum Gasteiger partial charge on any atom is 0.335 e. The summed E-state index contributed by atoms with van der Waals surface area (Å²) in [5.74, 6) is -1.72. The maximum atomic E-state index is 13.0. The molecule has 1 aliphatic heterocycles. The Balaban J connectivity index is 1.65. The minimum Gasteiger partial charge on any atom is -0.478 e. The van der Waals surface area contributed by atoms with Crippen molar-refractivity contribution < 1.29 is 23.9 Å². The molecule has 4 rings (SSSR count). The summed E-state index contributed by atoms with van der Waals surface area (Å²) >= 11 is 17.1. The second-order valence-electron chi connectivity index (χ2n) is 6.64. The van der Waals surface area contributed by atoms with Crippen molar-refractivity contribution >= 4 is 70.1 Å². The summed E-state index contributed by atoms with van der Waals surface area (Å²) in [6, 6.07) is 13.8. The van der Waals surface area contributed by atoms with Crippen LogP contribution in [0.5, 0.6) is 0 Å². The van der Waals surface area contributed by atoms with Crippen LogP contribution < -0.4 is 10.2 Å². The van der Waals surface area contributed by atoms with Crippen LogP contribution in [0.2, 0.25) is 10.0 Å². The zero-order valence-corrected chi connectivity index (χ0v) is 18.3. The lowest BCUT2D eigenvalue weighted by Gasteiger charge is -2.28. The van der Waals surface area contributed by atoms with Gasteiger partial charge in [0.15, 0.2) is 5.11 Å². The first-order chi connectivity index (χ1) is 15.2. The molecule has 1 aromatic heterocycles. The van der Waals surface area contributed by atoms with Crippen LogP contribution in [0.25, 0.3) is 17.4 Å². The van der Waals surface area contributed by atoms with Gasteiger partial charge in [-0.15, -0.1) is 0 Å². The summed E-state index contributed by atoms with van der Waals surface area (Å²) in [5, 5.41) is 12.2. The van der Waals surface area contributed by atoms with Gasteiger partial charge in [-0.05, 0) is 72.9 Å². The topological polar surface area (TPSA) is 99.9 Å². The number of nitrogens with one attached hydrogen (secondary N) is 1. The number of furan rings is 1. The van der Waals surface area contributed by atoms with E-state index in [9.17, 15) is 14.4 Å². The molecule has 0 aliphatic carbocycles. The van der Waals surface area contributed by atoms with Crippen LogP contribution in [-0.2, 0) is 9.59 Å². The summed E-state index contributed by atoms with van der Waals surface area (Å²) in [5.41, 5.74) is 0.835. The van der Waals surface area contributed by atoms with Crippen molar-refractivity contribution in [3.8, 4) is 11.3 Å². The average molecular weight is 487 g/mol. The van der Waals surface area contributed by atoms with E-state index in [1.807, 2.05) is 0 Å². The fraction of sp³-hybridized carbons (Fsp3) is 0. The number of carboxylic acid groups (broad SMARTS) is 1. The lowest BCUT2D eigenvalue weighted by molar-refractivity contribution is -0.122. The van der Waals surface area contributed by atoms with E-state index in [-0.39, 0.29) is 22.0 Å². The van der Waals surface area contributed by atoms with E-state index in [4.69, 9.17) is 44.9 Å². The Bertz CT molecular complexity index is 1310. The number of carbonyl (C=O) groups excluding carboxylic acids is 2. The lowest BCUT2D eigenvalue weighted by atomic mass is 10.1. The van der Waals surface area contributed by atoms with Gasteiger partial charge in [0.1, 0.15) is 17.1 Å². The minimum atomic E-state index is -1.10. The number of halogens is 2. The van der Waals surface area contributed by atoms with E-state index in [1.165, 1.54) is 30.3 Å². The van der Waals surface area contributed by atoms with Gasteiger partial charge in [-0.25, -0.2) is 4.79 Å². The van der Waals surface area contributed by atoms with Gasteiger partial charge in [-0.2, -0.15) is 0 Å². The lowest BCUT2D eigenvalue weighted by Crippen LogP contribution is -2.54. The SMILES string of the molecule is O=C1NC(=S)N(c2ccc(C(=O)O)cc2)C(=O)/C1=C\c1ccc(-c2ccc(Cl)c(Cl)c2)o1. The molecule has 7 nitrogen and oxygen atoms in total. The number of hydrogen-bond donors (Lipinski definition) is 2. The molecule has 32 heavy (non-hydrogen) atoms. The smallest absolute Gasteiger partial charge is 0.335 e. The highest BCUT2D eigenvalue weighted by atomic mass is 35.5. The minimum absolute atomic E-state index is 0.0503. The molecule has 0 saturated carbocycles. The molecule has 1 aliphatic rings. The standard InChI is InChI=1S/C22H12Cl2N2O5S/c23-16-7-3-12(9-17(16)24)18-8-6-14(31-18)10-15-19(27)25-22(32)26(20(15)28)13-4-1-11(2-5-13)21(29)30/h1-10H,(H,29,30)(H,25,27,32)/b15-10-. The number of hydrogen-bond acceptors (Lipinski definition) is 5. The Morgan fingerprint density at radius 1 is 1.03 bits per heavy atom. The summed E-state index contributed by atoms with van der Waals surface area (Å²) < 4.78 is 5.75. The number of anilines is 1. The molecule has 2 amide bonds. The van der Waals surface area contributed by atoms with Crippen molar-refractivity contribution in [1.29, 1.82) is 0 Å². The average Bonchev–Trinajstić information content (AvgIpc) is 3.22. The zero-order valence-electron chi connectivity index (χ0n) is 16.0. The number of rotatable bonds is 4. The number of thiocarbonyl (C=S) groups is 1. The number of nitrogens with zero attached hydrogens (tertiary/aromatic N) is 1. The molecule has 0 unspecified atom stereocenters. The van der Waals surface area contributed by atoms with Crippen molar-refractivity contribution in [3.63, 3.8) is 0 Å². The molecule has 0 radical (unpaired) electrons. The molecule has 1 fully saturated rings. The molecule has 2 N–H and O–H groups in total. The second-order valence-corrected chi connectivity index (χ2v) is 7.84. The number of amides is 2. The van der Waals surface area contributed by atoms with Gasteiger partial charge in [0.25, 0.3) is 11.8 Å². The number of benzene rings is 2. The van der Waals surface area contributed by atoms with Crippen molar-refractivity contribution in [2.75, 3.05) is 4.90 Å². The van der Waals surface area contributed by atoms with Crippen LogP contribution in [-0.4, -0.2) is 28.0 Å². The summed E-state index contributed by atoms with van der Waals surface area (Å²) in [4.78, 5) is 37.6. The third kappa shape index (κ3) is 4.16. The first-order valence-corrected chi connectivity index (χ1v) is 10.2. The molecular weight excluding hydrogens is 475 g/mol. The van der Waals surface area contributed by atoms with Crippen LogP contribution in [0, 0.1) is 0 Å². The quantitative estimate of drug-likeness (QED) is 0.312. The van der Waals surface area contributed by atoms with E-state index >= 15 is 0 Å². The van der Waals surface area contributed by atoms with E-state index < -0.39 is 17.8 Å². The van der Waals surface area contributed by atoms with Crippen LogP contribution in [0.1, 0.15) is 16.1 Å². The van der Waals surface area contributed by atoms with Gasteiger partial charge in [0.2, 0.25) is 0 Å². The van der Waals surface area contributed by atoms with Crippen molar-refractivity contribution in [2.45, 2.75) is 0 Å². The van der Waals surface area contributed by atoms with Crippen LogP contribution in [0.4, 0.5) is 5.69 Å². The van der Waals surface area contributed by atoms with Crippen molar-refractivity contribution in [3.05, 3.63) is 81.5 Å². The summed E-state index contributed by atoms with van der Waals surface area (Å²) in [6.45, 7) is 0. The second kappa shape index (κ2) is 8.58. The van der Waals surface area contributed by atoms with Crippen molar-refractivity contribution in [2.24, 2.45) is 0 Å². The first-order valence-electron chi connectivity index (χ1n) is 9.04. The van der Waals surface area contributed by atoms with Gasteiger partial charge in [-0.1, -0.05) is 23.2 Å². The molecule has 2 heterocycles. The Morgan fingerprint density at radius 3 is 2.41 bits per heavy atom. The Labute approximate surface area is 196 Å². The number of carbonyl (C=O) groups is 3. The maximum absolute atomic E-state index is 13.0. The Morgan fingerprint density at radius 2 is 1.75 bits per heavy atom. The highest BCUT2D eigenvalue weighted by Gasteiger charge is 2.34. The van der Waals surface area contributed by atoms with Gasteiger partial charge in [0, 0.05) is 5.56 Å². The Hall–Kier alpha value is -3.46. The van der Waals surface area contributed by atoms with Gasteiger partial charge in [0.05, 0.1) is 21.3 Å². The van der Waals surface area contributed by atoms with Crippen LogP contribution in [0.3, 0.4) is 0 Å². The van der Waals surface area contributed by atoms with E-state index in [1.54, 1.807) is 30.3 Å². The molecule has 10 heteroatoms. The molecule has 160 valence electrons. The normalized spacial score (nSPS) is 15.2. The Kier molecular flexibility index (Phi) is 5.84. The molecular formula is C22H12Cl2N2O5S. The summed E-state index contributed by atoms with van der Waals surface area (Å²) in [7, 11) is 0. The van der Waals surface area contributed by atoms with E-state index in [2.05, 4.69) is 5.32 Å². The van der Waals surface area contributed by atoms with Gasteiger partial charge >= 0.3 is 5.97 Å². The van der Waals surface area contributed by atoms with E-state index in [0.29, 0.717) is 27.1 Å². The molecule has 0 spiro atoms. The highest BCUT2D eigenvalue weighted by Crippen LogP contribution is 2.30. The van der Waals surface area contributed by atoms with Gasteiger partial charge in [-0.3, -0.25) is 19.8 Å². The van der Waals surface area contributed by atoms with E-state index in [0.717, 1.165) is 4.90 Å². The molecule has 1 saturated heterocycles. The first kappa shape index (κ1) is 21.8. The predicted molar refractivity (Wildman–Crippen MR) is 124 cm³/mol. The van der Waals surface area contributed by atoms with Crippen LogP contribution >= 0.6 is 35.4 Å². The third-order valence-corrected chi connectivity index (χ3v) is 5.62. The van der Waals surface area contributed by atoms with Crippen molar-refractivity contribution in [1.82, 2.24) is 5.32 Å². The molecule has 0 atom stereocenters. The largest absolute Gasteiger partial charge is 0.478 e. The highest BCUT2D eigenvalue weighted by molar-refractivity contribution is 7.80.